The van der Waals surface area contributed by atoms with Crippen LogP contribution in [0.5, 0.6) is 0 Å². The van der Waals surface area contributed by atoms with Gasteiger partial charge in [-0.2, -0.15) is 5.10 Å². The second kappa shape index (κ2) is 12.0. The van der Waals surface area contributed by atoms with Crippen LogP contribution in [-0.2, 0) is 11.2 Å². The van der Waals surface area contributed by atoms with Gasteiger partial charge in [0.2, 0.25) is 0 Å². The standard InChI is InChI=1S/C23H36N6O2/c1-18-19(17-29(28-18)20-12-7-6-8-13-20)11-9-14-25-21(24-5)26-15-10-16-27-22(30)31-23(2,3)4/h6-8,12-13,17H,9-11,14-16H2,1-5H3,(H,27,30)(H2,24,25,26). The van der Waals surface area contributed by atoms with E-state index >= 15 is 0 Å². The molecule has 2 rings (SSSR count). The lowest BCUT2D eigenvalue weighted by Gasteiger charge is -2.19. The average molecular weight is 429 g/mol. The van der Waals surface area contributed by atoms with Gasteiger partial charge in [-0.25, -0.2) is 9.48 Å². The summed E-state index contributed by atoms with van der Waals surface area (Å²) in [5, 5.41) is 14.0. The van der Waals surface area contributed by atoms with Crippen molar-refractivity contribution in [2.75, 3.05) is 26.7 Å². The third-order valence-corrected chi connectivity index (χ3v) is 4.47. The van der Waals surface area contributed by atoms with Crippen LogP contribution >= 0.6 is 0 Å². The van der Waals surface area contributed by atoms with Crippen LogP contribution in [0.2, 0.25) is 0 Å². The maximum Gasteiger partial charge on any atom is 0.407 e. The van der Waals surface area contributed by atoms with Crippen molar-refractivity contribution in [1.82, 2.24) is 25.7 Å². The quantitative estimate of drug-likeness (QED) is 0.324. The molecule has 1 aromatic carbocycles. The number of hydrogen-bond donors (Lipinski definition) is 3. The highest BCUT2D eigenvalue weighted by molar-refractivity contribution is 5.79. The lowest BCUT2D eigenvalue weighted by molar-refractivity contribution is 0.0527. The van der Waals surface area contributed by atoms with Crippen molar-refractivity contribution in [2.24, 2.45) is 4.99 Å². The van der Waals surface area contributed by atoms with Crippen LogP contribution < -0.4 is 16.0 Å². The molecule has 0 aliphatic rings. The second-order valence-corrected chi connectivity index (χ2v) is 8.33. The number of para-hydroxylation sites is 1. The first-order valence-electron chi connectivity index (χ1n) is 10.8. The summed E-state index contributed by atoms with van der Waals surface area (Å²) in [5.41, 5.74) is 2.90. The molecule has 1 heterocycles. The largest absolute Gasteiger partial charge is 0.444 e. The molecule has 0 unspecified atom stereocenters. The van der Waals surface area contributed by atoms with Gasteiger partial charge in [0.1, 0.15) is 5.60 Å². The molecule has 0 bridgehead atoms. The Balaban J connectivity index is 1.63. The molecule has 0 fully saturated rings. The van der Waals surface area contributed by atoms with Gasteiger partial charge in [-0.05, 0) is 64.7 Å². The Morgan fingerprint density at radius 2 is 1.71 bits per heavy atom. The summed E-state index contributed by atoms with van der Waals surface area (Å²) in [7, 11) is 1.75. The Labute approximate surface area is 185 Å². The molecule has 8 nitrogen and oxygen atoms in total. The summed E-state index contributed by atoms with van der Waals surface area (Å²) < 4.78 is 7.15. The van der Waals surface area contributed by atoms with Gasteiger partial charge in [-0.15, -0.1) is 0 Å². The lowest BCUT2D eigenvalue weighted by Crippen LogP contribution is -2.39. The normalized spacial score (nSPS) is 11.8. The monoisotopic (exact) mass is 428 g/mol. The first-order valence-corrected chi connectivity index (χ1v) is 10.8. The molecule has 2 aromatic rings. The van der Waals surface area contributed by atoms with E-state index in [4.69, 9.17) is 4.74 Å². The number of carbonyl (C=O) groups excluding carboxylic acids is 1. The summed E-state index contributed by atoms with van der Waals surface area (Å²) in [4.78, 5) is 15.9. The Hall–Kier alpha value is -3.03. The highest BCUT2D eigenvalue weighted by atomic mass is 16.6. The highest BCUT2D eigenvalue weighted by Crippen LogP contribution is 2.13. The first-order chi connectivity index (χ1) is 14.8. The van der Waals surface area contributed by atoms with Gasteiger partial charge in [0.15, 0.2) is 5.96 Å². The molecular weight excluding hydrogens is 392 g/mol. The molecule has 31 heavy (non-hydrogen) atoms. The number of guanidine groups is 1. The third kappa shape index (κ3) is 9.11. The van der Waals surface area contributed by atoms with Gasteiger partial charge < -0.3 is 20.7 Å². The zero-order valence-electron chi connectivity index (χ0n) is 19.4. The predicted octanol–water partition coefficient (Wildman–Crippen LogP) is 3.19. The van der Waals surface area contributed by atoms with Crippen LogP contribution in [0, 0.1) is 6.92 Å². The number of carbonyl (C=O) groups is 1. The van der Waals surface area contributed by atoms with Crippen molar-refractivity contribution in [3.8, 4) is 5.69 Å². The van der Waals surface area contributed by atoms with Gasteiger partial charge >= 0.3 is 6.09 Å². The molecule has 1 amide bonds. The van der Waals surface area contributed by atoms with Crippen molar-refractivity contribution >= 4 is 12.1 Å². The maximum atomic E-state index is 11.6. The number of alkyl carbamates (subject to hydrolysis) is 1. The topological polar surface area (TPSA) is 92.6 Å². The molecule has 0 radical (unpaired) electrons. The van der Waals surface area contributed by atoms with Crippen molar-refractivity contribution in [3.05, 3.63) is 47.8 Å². The number of aromatic nitrogens is 2. The van der Waals surface area contributed by atoms with E-state index in [2.05, 4.69) is 44.4 Å². The van der Waals surface area contributed by atoms with Crippen molar-refractivity contribution in [3.63, 3.8) is 0 Å². The first kappa shape index (κ1) is 24.2. The molecular formula is C23H36N6O2. The lowest BCUT2D eigenvalue weighted by atomic mass is 10.1. The van der Waals surface area contributed by atoms with E-state index in [1.807, 2.05) is 50.6 Å². The van der Waals surface area contributed by atoms with Crippen LogP contribution in [-0.4, -0.2) is 54.1 Å². The van der Waals surface area contributed by atoms with Gasteiger partial charge in [-0.1, -0.05) is 18.2 Å². The number of benzene rings is 1. The van der Waals surface area contributed by atoms with E-state index in [0.717, 1.165) is 43.1 Å². The van der Waals surface area contributed by atoms with E-state index in [9.17, 15) is 4.79 Å². The minimum absolute atomic E-state index is 0.388. The fourth-order valence-electron chi connectivity index (χ4n) is 2.96. The van der Waals surface area contributed by atoms with E-state index in [1.54, 1.807) is 7.05 Å². The Morgan fingerprint density at radius 3 is 2.35 bits per heavy atom. The maximum absolute atomic E-state index is 11.6. The fraction of sp³-hybridized carbons (Fsp3) is 0.522. The number of hydrogen-bond acceptors (Lipinski definition) is 4. The Bertz CT molecular complexity index is 839. The minimum Gasteiger partial charge on any atom is -0.444 e. The molecule has 0 saturated heterocycles. The smallest absolute Gasteiger partial charge is 0.407 e. The van der Waals surface area contributed by atoms with Crippen LogP contribution in [0.1, 0.15) is 44.9 Å². The number of nitrogens with zero attached hydrogens (tertiary/aromatic N) is 3. The summed E-state index contributed by atoms with van der Waals surface area (Å²) in [6.45, 7) is 9.66. The van der Waals surface area contributed by atoms with E-state index in [0.29, 0.717) is 13.1 Å². The molecule has 0 aliphatic carbocycles. The summed E-state index contributed by atoms with van der Waals surface area (Å²) in [5.74, 6) is 0.758. The van der Waals surface area contributed by atoms with E-state index < -0.39 is 5.60 Å². The molecule has 1 aromatic heterocycles. The van der Waals surface area contributed by atoms with Crippen LogP contribution in [0.25, 0.3) is 5.69 Å². The average Bonchev–Trinajstić information content (AvgIpc) is 3.09. The molecule has 0 atom stereocenters. The zero-order chi connectivity index (χ0) is 22.7. The van der Waals surface area contributed by atoms with Crippen LogP contribution in [0.3, 0.4) is 0 Å². The van der Waals surface area contributed by atoms with E-state index in [1.165, 1.54) is 5.56 Å². The van der Waals surface area contributed by atoms with Crippen molar-refractivity contribution in [1.29, 1.82) is 0 Å². The summed E-state index contributed by atoms with van der Waals surface area (Å²) in [6, 6.07) is 10.1. The predicted molar refractivity (Wildman–Crippen MR) is 125 cm³/mol. The number of nitrogens with one attached hydrogen (secondary N) is 3. The highest BCUT2D eigenvalue weighted by Gasteiger charge is 2.15. The molecule has 170 valence electrons. The van der Waals surface area contributed by atoms with E-state index in [-0.39, 0.29) is 6.09 Å². The number of aryl methyl sites for hydroxylation is 2. The second-order valence-electron chi connectivity index (χ2n) is 8.33. The number of rotatable bonds is 9. The SMILES string of the molecule is CN=C(NCCCNC(=O)OC(C)(C)C)NCCCc1cn(-c2ccccc2)nc1C. The summed E-state index contributed by atoms with van der Waals surface area (Å²) in [6.07, 6.45) is 4.42. The van der Waals surface area contributed by atoms with Gasteiger partial charge in [0, 0.05) is 32.9 Å². The zero-order valence-corrected chi connectivity index (χ0v) is 19.4. The molecule has 0 saturated carbocycles. The number of aliphatic imine (C=N–C) groups is 1. The minimum atomic E-state index is -0.479. The Kier molecular flexibility index (Phi) is 9.37. The molecule has 8 heteroatoms. The Morgan fingerprint density at radius 1 is 1.06 bits per heavy atom. The number of ether oxygens (including phenoxy) is 1. The molecule has 3 N–H and O–H groups in total. The van der Waals surface area contributed by atoms with Gasteiger partial charge in [-0.3, -0.25) is 4.99 Å². The molecule has 0 aliphatic heterocycles. The van der Waals surface area contributed by atoms with Crippen LogP contribution in [0.15, 0.2) is 41.5 Å². The fourth-order valence-corrected chi connectivity index (χ4v) is 2.96. The van der Waals surface area contributed by atoms with Crippen LogP contribution in [0.4, 0.5) is 4.79 Å². The molecule has 0 spiro atoms. The number of amides is 1. The third-order valence-electron chi connectivity index (χ3n) is 4.47. The summed E-state index contributed by atoms with van der Waals surface area (Å²) >= 11 is 0. The van der Waals surface area contributed by atoms with Crippen molar-refractivity contribution in [2.45, 2.75) is 52.6 Å². The van der Waals surface area contributed by atoms with Gasteiger partial charge in [0.25, 0.3) is 0 Å². The van der Waals surface area contributed by atoms with Crippen molar-refractivity contribution < 1.29 is 9.53 Å². The van der Waals surface area contributed by atoms with Gasteiger partial charge in [0.05, 0.1) is 11.4 Å².